The van der Waals surface area contributed by atoms with Gasteiger partial charge in [0.15, 0.2) is 0 Å². The molecule has 0 heterocycles. The van der Waals surface area contributed by atoms with Crippen LogP contribution in [-0.4, -0.2) is 39.7 Å². The molecule has 0 spiro atoms. The normalized spacial score (nSPS) is 11.6. The number of hydrogen-bond donors (Lipinski definition) is 1. The fourth-order valence-electron chi connectivity index (χ4n) is 2.77. The Labute approximate surface area is 171 Å². The van der Waals surface area contributed by atoms with Gasteiger partial charge in [-0.15, -0.1) is 4.40 Å². The van der Waals surface area contributed by atoms with Gasteiger partial charge < -0.3 is 10.2 Å². The molecule has 0 saturated carbocycles. The summed E-state index contributed by atoms with van der Waals surface area (Å²) in [5, 5.41) is 3.27. The minimum Gasteiger partial charge on any atom is -0.368 e. The van der Waals surface area contributed by atoms with Crippen molar-refractivity contribution in [1.29, 1.82) is 0 Å². The van der Waals surface area contributed by atoms with Gasteiger partial charge in [0.2, 0.25) is 5.91 Å². The summed E-state index contributed by atoms with van der Waals surface area (Å²) in [5.74, 6) is -0.281. The first kappa shape index (κ1) is 21.9. The van der Waals surface area contributed by atoms with Crippen molar-refractivity contribution in [3.05, 3.63) is 58.1 Å². The van der Waals surface area contributed by atoms with Crippen molar-refractivity contribution in [3.8, 4) is 0 Å². The molecule has 0 saturated heterocycles. The van der Waals surface area contributed by atoms with Gasteiger partial charge in [-0.3, -0.25) is 4.79 Å². The molecule has 0 aliphatic rings. The largest absolute Gasteiger partial charge is 0.368 e. The van der Waals surface area contributed by atoms with Crippen LogP contribution in [0.2, 0.25) is 5.02 Å². The molecule has 6 nitrogen and oxygen atoms in total. The van der Waals surface area contributed by atoms with Crippen LogP contribution >= 0.6 is 11.6 Å². The molecule has 2 aromatic rings. The highest BCUT2D eigenvalue weighted by Crippen LogP contribution is 2.27. The van der Waals surface area contributed by atoms with Crippen LogP contribution < -0.4 is 5.32 Å². The molecule has 8 heteroatoms. The quantitative estimate of drug-likeness (QED) is 0.546. The second kappa shape index (κ2) is 9.21. The minimum absolute atomic E-state index is 0.0924. The van der Waals surface area contributed by atoms with Crippen LogP contribution in [0.3, 0.4) is 0 Å². The maximum Gasteiger partial charge on any atom is 0.284 e. The maximum atomic E-state index is 12.7. The molecule has 1 N–H and O–H groups in total. The summed E-state index contributed by atoms with van der Waals surface area (Å²) in [4.78, 5) is 14.1. The molecule has 2 aromatic carbocycles. The maximum absolute atomic E-state index is 12.7. The molecule has 28 heavy (non-hydrogen) atoms. The summed E-state index contributed by atoms with van der Waals surface area (Å²) in [6, 6.07) is 10.3. The molecule has 0 fully saturated rings. The van der Waals surface area contributed by atoms with E-state index in [2.05, 4.69) is 9.71 Å². The standard InChI is InChI=1S/C20H24ClN3O3S/c1-5-17-14(2)10-16(12-19(17)28(26,27)22-13-24(3)4)23-20(25)11-15-8-6-7-9-18(15)21/h6-10,12-13H,5,11H2,1-4H3,(H,23,25). The summed E-state index contributed by atoms with van der Waals surface area (Å²) < 4.78 is 29.1. The Kier molecular flexibility index (Phi) is 7.21. The summed E-state index contributed by atoms with van der Waals surface area (Å²) in [7, 11) is -0.507. The van der Waals surface area contributed by atoms with E-state index < -0.39 is 10.0 Å². The number of nitrogens with one attached hydrogen (secondary N) is 1. The number of aryl methyl sites for hydroxylation is 1. The number of rotatable bonds is 7. The van der Waals surface area contributed by atoms with E-state index in [1.165, 1.54) is 12.4 Å². The molecular weight excluding hydrogens is 398 g/mol. The van der Waals surface area contributed by atoms with E-state index >= 15 is 0 Å². The third-order valence-corrected chi connectivity index (χ3v) is 5.73. The average Bonchev–Trinajstić information content (AvgIpc) is 2.61. The van der Waals surface area contributed by atoms with Gasteiger partial charge in [0.05, 0.1) is 11.3 Å². The second-order valence-electron chi connectivity index (χ2n) is 6.60. The van der Waals surface area contributed by atoms with E-state index in [-0.39, 0.29) is 17.2 Å². The summed E-state index contributed by atoms with van der Waals surface area (Å²) >= 11 is 6.10. The molecule has 0 radical (unpaired) electrons. The molecule has 0 aliphatic carbocycles. The van der Waals surface area contributed by atoms with E-state index in [9.17, 15) is 13.2 Å². The third-order valence-electron chi connectivity index (χ3n) is 4.07. The van der Waals surface area contributed by atoms with Crippen LogP contribution in [0.25, 0.3) is 0 Å². The van der Waals surface area contributed by atoms with E-state index in [0.717, 1.165) is 5.56 Å². The highest BCUT2D eigenvalue weighted by Gasteiger charge is 2.20. The van der Waals surface area contributed by atoms with Gasteiger partial charge in [0.25, 0.3) is 10.0 Å². The van der Waals surface area contributed by atoms with Crippen LogP contribution in [0.15, 0.2) is 45.7 Å². The van der Waals surface area contributed by atoms with E-state index in [4.69, 9.17) is 11.6 Å². The van der Waals surface area contributed by atoms with Gasteiger partial charge in [-0.25, -0.2) is 0 Å². The number of carbonyl (C=O) groups excluding carboxylic acids is 1. The van der Waals surface area contributed by atoms with Gasteiger partial charge >= 0.3 is 0 Å². The van der Waals surface area contributed by atoms with Gasteiger partial charge in [0, 0.05) is 24.8 Å². The topological polar surface area (TPSA) is 78.8 Å². The Morgan fingerprint density at radius 3 is 2.54 bits per heavy atom. The van der Waals surface area contributed by atoms with Crippen molar-refractivity contribution in [3.63, 3.8) is 0 Å². The van der Waals surface area contributed by atoms with Gasteiger partial charge in [-0.1, -0.05) is 36.7 Å². The zero-order chi connectivity index (χ0) is 20.9. The average molecular weight is 422 g/mol. The molecular formula is C20H24ClN3O3S. The third kappa shape index (κ3) is 5.56. The lowest BCUT2D eigenvalue weighted by Crippen LogP contribution is -2.16. The van der Waals surface area contributed by atoms with Crippen LogP contribution in [0, 0.1) is 6.92 Å². The Morgan fingerprint density at radius 2 is 1.93 bits per heavy atom. The lowest BCUT2D eigenvalue weighted by Gasteiger charge is -2.14. The Morgan fingerprint density at radius 1 is 1.25 bits per heavy atom. The van der Waals surface area contributed by atoms with E-state index in [1.54, 1.807) is 43.3 Å². The Hall–Kier alpha value is -2.38. The zero-order valence-electron chi connectivity index (χ0n) is 16.4. The van der Waals surface area contributed by atoms with Crippen molar-refractivity contribution in [2.45, 2.75) is 31.6 Å². The highest BCUT2D eigenvalue weighted by molar-refractivity contribution is 7.90. The molecule has 0 aliphatic heterocycles. The predicted octanol–water partition coefficient (Wildman–Crippen LogP) is 3.67. The number of sulfonamides is 1. The second-order valence-corrected chi connectivity index (χ2v) is 8.61. The van der Waals surface area contributed by atoms with Crippen LogP contribution in [0.4, 0.5) is 5.69 Å². The number of halogens is 1. The van der Waals surface area contributed by atoms with Gasteiger partial charge in [-0.2, -0.15) is 8.42 Å². The molecule has 0 bridgehead atoms. The minimum atomic E-state index is -3.89. The van der Waals surface area contributed by atoms with Gasteiger partial charge in [0.1, 0.15) is 6.34 Å². The SMILES string of the molecule is CCc1c(C)cc(NC(=O)Cc2ccccc2Cl)cc1S(=O)(=O)N=CN(C)C. The molecule has 0 aromatic heterocycles. The molecule has 150 valence electrons. The summed E-state index contributed by atoms with van der Waals surface area (Å²) in [5.41, 5.74) is 2.56. The van der Waals surface area contributed by atoms with Crippen molar-refractivity contribution in [2.24, 2.45) is 4.40 Å². The number of carbonyl (C=O) groups is 1. The Bertz CT molecular complexity index is 1000. The summed E-state index contributed by atoms with van der Waals surface area (Å²) in [6.45, 7) is 3.70. The fraction of sp³-hybridized carbons (Fsp3) is 0.300. The van der Waals surface area contributed by atoms with Crippen molar-refractivity contribution in [1.82, 2.24) is 4.90 Å². The molecule has 0 atom stereocenters. The smallest absolute Gasteiger partial charge is 0.284 e. The van der Waals surface area contributed by atoms with Crippen molar-refractivity contribution >= 4 is 39.6 Å². The predicted molar refractivity (Wildman–Crippen MR) is 114 cm³/mol. The van der Waals surface area contributed by atoms with Crippen LogP contribution in [0.5, 0.6) is 0 Å². The van der Waals surface area contributed by atoms with E-state index in [1.807, 2.05) is 19.9 Å². The van der Waals surface area contributed by atoms with Gasteiger partial charge in [-0.05, 0) is 48.2 Å². The first-order valence-electron chi connectivity index (χ1n) is 8.77. The first-order valence-corrected chi connectivity index (χ1v) is 10.6. The number of nitrogens with zero attached hydrogens (tertiary/aromatic N) is 2. The molecule has 2 rings (SSSR count). The number of benzene rings is 2. The van der Waals surface area contributed by atoms with Crippen LogP contribution in [0.1, 0.15) is 23.6 Å². The molecule has 1 amide bonds. The molecule has 0 unspecified atom stereocenters. The van der Waals surface area contributed by atoms with E-state index in [0.29, 0.717) is 28.3 Å². The lowest BCUT2D eigenvalue weighted by atomic mass is 10.1. The monoisotopic (exact) mass is 421 g/mol. The first-order chi connectivity index (χ1) is 13.1. The number of amides is 1. The highest BCUT2D eigenvalue weighted by atomic mass is 35.5. The summed E-state index contributed by atoms with van der Waals surface area (Å²) in [6.07, 6.45) is 1.87. The number of anilines is 1. The van der Waals surface area contributed by atoms with Crippen LogP contribution in [-0.2, 0) is 27.7 Å². The van der Waals surface area contributed by atoms with Crippen molar-refractivity contribution < 1.29 is 13.2 Å². The zero-order valence-corrected chi connectivity index (χ0v) is 17.9. The Balaban J connectivity index is 2.35. The van der Waals surface area contributed by atoms with Crippen molar-refractivity contribution in [2.75, 3.05) is 19.4 Å². The lowest BCUT2D eigenvalue weighted by molar-refractivity contribution is -0.115. The number of hydrogen-bond acceptors (Lipinski definition) is 3. The fourth-order valence-corrected chi connectivity index (χ4v) is 4.29.